The second-order valence-electron chi connectivity index (χ2n) is 0.448. The first-order chi connectivity index (χ1) is 2.00. The molecular weight excluding hydrogens is 289 g/mol. The first-order valence-corrected chi connectivity index (χ1v) is 2.10. The average molecular weight is 298 g/mol. The SMILES string of the molecule is O.O=S(=O)(O)O.[BaH2].[CaH2]. The summed E-state index contributed by atoms with van der Waals surface area (Å²) in [7, 11) is -4.67. The van der Waals surface area contributed by atoms with Gasteiger partial charge in [-0.15, -0.1) is 0 Å². The van der Waals surface area contributed by atoms with Crippen molar-refractivity contribution in [3.05, 3.63) is 0 Å². The molecule has 0 saturated heterocycles. The van der Waals surface area contributed by atoms with Crippen molar-refractivity contribution in [1.82, 2.24) is 0 Å². The molecule has 0 aliphatic heterocycles. The molecule has 0 aromatic heterocycles. The molecule has 8 heteroatoms. The maximum absolute atomic E-state index is 8.74. The van der Waals surface area contributed by atoms with Gasteiger partial charge in [0.25, 0.3) is 0 Å². The Morgan fingerprint density at radius 1 is 1.12 bits per heavy atom. The van der Waals surface area contributed by atoms with Crippen molar-refractivity contribution >= 4 is 97.0 Å². The van der Waals surface area contributed by atoms with Gasteiger partial charge in [-0.3, -0.25) is 9.11 Å². The molecule has 0 aliphatic rings. The molecule has 0 rings (SSSR count). The zero-order valence-corrected chi connectivity index (χ0v) is 3.44. The van der Waals surface area contributed by atoms with E-state index in [1.165, 1.54) is 0 Å². The van der Waals surface area contributed by atoms with Gasteiger partial charge >= 0.3 is 97.0 Å². The van der Waals surface area contributed by atoms with E-state index in [-0.39, 0.29) is 92.1 Å². The fourth-order valence-electron chi connectivity index (χ4n) is 0. The van der Waals surface area contributed by atoms with Crippen molar-refractivity contribution in [3.63, 3.8) is 0 Å². The van der Waals surface area contributed by atoms with E-state index in [0.29, 0.717) is 0 Å². The third-order valence-electron chi connectivity index (χ3n) is 0. The van der Waals surface area contributed by atoms with E-state index in [2.05, 4.69) is 0 Å². The summed E-state index contributed by atoms with van der Waals surface area (Å²) in [6.45, 7) is 0. The van der Waals surface area contributed by atoms with Crippen LogP contribution in [0.3, 0.4) is 0 Å². The van der Waals surface area contributed by atoms with E-state index < -0.39 is 10.4 Å². The normalized spacial score (nSPS) is 7.25. The molecule has 0 unspecified atom stereocenters. The number of rotatable bonds is 0. The van der Waals surface area contributed by atoms with Gasteiger partial charge in [-0.2, -0.15) is 8.42 Å². The molecule has 0 amide bonds. The van der Waals surface area contributed by atoms with Crippen LogP contribution in [0, 0.1) is 0 Å². The zero-order valence-electron chi connectivity index (χ0n) is 2.62. The van der Waals surface area contributed by atoms with Crippen LogP contribution >= 0.6 is 0 Å². The molecule has 8 heavy (non-hydrogen) atoms. The Balaban J connectivity index is -0.0000000267. The van der Waals surface area contributed by atoms with Crippen LogP contribution in [0.25, 0.3) is 0 Å². The van der Waals surface area contributed by atoms with E-state index in [1.807, 2.05) is 0 Å². The van der Waals surface area contributed by atoms with Gasteiger partial charge in [-0.25, -0.2) is 0 Å². The van der Waals surface area contributed by atoms with Gasteiger partial charge in [0.05, 0.1) is 0 Å². The third-order valence-corrected chi connectivity index (χ3v) is 0. The van der Waals surface area contributed by atoms with Gasteiger partial charge in [-0.05, 0) is 0 Å². The van der Waals surface area contributed by atoms with Gasteiger partial charge < -0.3 is 5.48 Å². The molecule has 0 radical (unpaired) electrons. The van der Waals surface area contributed by atoms with Crippen molar-refractivity contribution in [2.45, 2.75) is 0 Å². The maximum atomic E-state index is 8.74. The molecule has 5 nitrogen and oxygen atoms in total. The molecule has 48 valence electrons. The second-order valence-corrected chi connectivity index (χ2v) is 1.34. The summed E-state index contributed by atoms with van der Waals surface area (Å²) in [4.78, 5) is 0. The molecule has 0 aromatic carbocycles. The quantitative estimate of drug-likeness (QED) is 0.361. The Kier molecular flexibility index (Phi) is 27.1. The van der Waals surface area contributed by atoms with Crippen LogP contribution in [-0.2, 0) is 10.4 Å². The predicted octanol–water partition coefficient (Wildman–Crippen LogP) is -3.31. The van der Waals surface area contributed by atoms with E-state index in [0.717, 1.165) is 0 Å². The Hall–Kier alpha value is 2.66. The van der Waals surface area contributed by atoms with Gasteiger partial charge in [0, 0.05) is 0 Å². The fourth-order valence-corrected chi connectivity index (χ4v) is 0. The Morgan fingerprint density at radius 3 is 1.12 bits per heavy atom. The zero-order chi connectivity index (χ0) is 4.50. The van der Waals surface area contributed by atoms with Crippen LogP contribution in [0.15, 0.2) is 0 Å². The van der Waals surface area contributed by atoms with Gasteiger partial charge in [-0.1, -0.05) is 0 Å². The molecule has 0 spiro atoms. The van der Waals surface area contributed by atoms with Gasteiger partial charge in [0.15, 0.2) is 0 Å². The standard InChI is InChI=1S/Ba.Ca.H2O4S.H2O.4H/c;;1-5(2,3)4;;;;;/h;;(H2,1,2,3,4);1H2;;;;. The van der Waals surface area contributed by atoms with Gasteiger partial charge in [0.2, 0.25) is 0 Å². The molecule has 0 saturated carbocycles. The Bertz CT molecular complexity index is 95.6. The summed E-state index contributed by atoms with van der Waals surface area (Å²) in [5.41, 5.74) is 0. The fraction of sp³-hybridized carbons (Fsp3) is 0. The van der Waals surface area contributed by atoms with Crippen LogP contribution in [-0.4, -0.2) is 110 Å². The van der Waals surface area contributed by atoms with Crippen LogP contribution in [0.4, 0.5) is 0 Å². The molecule has 0 aliphatic carbocycles. The number of hydrogen-bond donors (Lipinski definition) is 2. The second kappa shape index (κ2) is 9.66. The molecule has 0 atom stereocenters. The van der Waals surface area contributed by atoms with Crippen molar-refractivity contribution < 1.29 is 23.0 Å². The third kappa shape index (κ3) is 71.8. The van der Waals surface area contributed by atoms with Crippen LogP contribution in [0.5, 0.6) is 0 Å². The molecular formula is H8BaCaO5S. The van der Waals surface area contributed by atoms with Crippen molar-refractivity contribution in [2.75, 3.05) is 0 Å². The summed E-state index contributed by atoms with van der Waals surface area (Å²) in [6.07, 6.45) is 0. The van der Waals surface area contributed by atoms with Gasteiger partial charge in [0.1, 0.15) is 0 Å². The predicted molar refractivity (Wildman–Crippen MR) is 34.9 cm³/mol. The molecule has 4 N–H and O–H groups in total. The van der Waals surface area contributed by atoms with Crippen LogP contribution in [0.2, 0.25) is 0 Å². The van der Waals surface area contributed by atoms with E-state index in [9.17, 15) is 0 Å². The first-order valence-electron chi connectivity index (χ1n) is 0.698. The topological polar surface area (TPSA) is 106 Å². The first kappa shape index (κ1) is 22.4. The molecule has 0 aromatic rings. The molecule has 0 bridgehead atoms. The van der Waals surface area contributed by atoms with Crippen LogP contribution < -0.4 is 0 Å². The molecule has 0 heterocycles. The van der Waals surface area contributed by atoms with E-state index >= 15 is 0 Å². The summed E-state index contributed by atoms with van der Waals surface area (Å²) in [5.74, 6) is 0. The monoisotopic (exact) mass is 298 g/mol. The van der Waals surface area contributed by atoms with E-state index in [4.69, 9.17) is 17.5 Å². The van der Waals surface area contributed by atoms with Crippen molar-refractivity contribution in [3.8, 4) is 0 Å². The van der Waals surface area contributed by atoms with Crippen molar-refractivity contribution in [1.29, 1.82) is 0 Å². The van der Waals surface area contributed by atoms with Crippen LogP contribution in [0.1, 0.15) is 0 Å². The summed E-state index contributed by atoms with van der Waals surface area (Å²) < 4.78 is 31.6. The Labute approximate surface area is 117 Å². The van der Waals surface area contributed by atoms with E-state index in [1.54, 1.807) is 0 Å². The minimum atomic E-state index is -4.67. The Morgan fingerprint density at radius 2 is 1.12 bits per heavy atom. The summed E-state index contributed by atoms with van der Waals surface area (Å²) in [6, 6.07) is 0. The number of hydrogen-bond acceptors (Lipinski definition) is 2. The minimum absolute atomic E-state index is 0. The summed E-state index contributed by atoms with van der Waals surface area (Å²) in [5, 5.41) is 0. The van der Waals surface area contributed by atoms with Crippen molar-refractivity contribution in [2.24, 2.45) is 0 Å². The molecule has 0 fully saturated rings. The average Bonchev–Trinajstić information content (AvgIpc) is 0.722. The summed E-state index contributed by atoms with van der Waals surface area (Å²) >= 11 is 0.